The van der Waals surface area contributed by atoms with E-state index in [9.17, 15) is 0 Å². The molecule has 13 rings (SSSR count). The van der Waals surface area contributed by atoms with Crippen molar-refractivity contribution in [2.45, 2.75) is 0 Å². The third-order valence-electron chi connectivity index (χ3n) is 12.2. The Morgan fingerprint density at radius 1 is 0.293 bits per heavy atom. The lowest BCUT2D eigenvalue weighted by molar-refractivity contribution is 1.08. The molecular formula is C54H32N4. The molecule has 0 N–H and O–H groups in total. The van der Waals surface area contributed by atoms with Crippen LogP contribution in [-0.2, 0) is 0 Å². The fraction of sp³-hybridized carbons (Fsp3) is 0. The first kappa shape index (κ1) is 31.4. The second kappa shape index (κ2) is 11.8. The van der Waals surface area contributed by atoms with Crippen LogP contribution in [0, 0.1) is 0 Å². The van der Waals surface area contributed by atoms with Crippen LogP contribution < -0.4 is 0 Å². The molecule has 58 heavy (non-hydrogen) atoms. The van der Waals surface area contributed by atoms with Crippen molar-refractivity contribution in [1.29, 1.82) is 0 Å². The van der Waals surface area contributed by atoms with Gasteiger partial charge in [0, 0.05) is 32.8 Å². The summed E-state index contributed by atoms with van der Waals surface area (Å²) in [6.07, 6.45) is 0. The fourth-order valence-electron chi connectivity index (χ4n) is 9.49. The first-order chi connectivity index (χ1) is 28.7. The molecule has 0 aliphatic carbocycles. The van der Waals surface area contributed by atoms with Gasteiger partial charge in [-0.25, -0.2) is 9.97 Å². The van der Waals surface area contributed by atoms with Gasteiger partial charge in [0.15, 0.2) is 5.82 Å². The van der Waals surface area contributed by atoms with Crippen LogP contribution in [0.5, 0.6) is 0 Å². The molecule has 0 aliphatic heterocycles. The van der Waals surface area contributed by atoms with Crippen molar-refractivity contribution in [2.75, 3.05) is 0 Å². The predicted octanol–water partition coefficient (Wildman–Crippen LogP) is 14.1. The molecule has 0 atom stereocenters. The Labute approximate surface area is 332 Å². The number of fused-ring (bicyclic) bond motifs is 12. The van der Waals surface area contributed by atoms with Gasteiger partial charge in [0.1, 0.15) is 5.69 Å². The van der Waals surface area contributed by atoms with Crippen LogP contribution in [0.1, 0.15) is 0 Å². The molecule has 0 bridgehead atoms. The van der Waals surface area contributed by atoms with Crippen LogP contribution >= 0.6 is 0 Å². The van der Waals surface area contributed by atoms with E-state index in [4.69, 9.17) is 9.97 Å². The summed E-state index contributed by atoms with van der Waals surface area (Å²) in [6.45, 7) is 0. The highest BCUT2D eigenvalue weighted by atomic mass is 15.1. The Morgan fingerprint density at radius 2 is 0.810 bits per heavy atom. The molecule has 0 saturated carbocycles. The Morgan fingerprint density at radius 3 is 1.57 bits per heavy atom. The van der Waals surface area contributed by atoms with Crippen molar-refractivity contribution in [1.82, 2.24) is 19.1 Å². The zero-order chi connectivity index (χ0) is 37.9. The van der Waals surface area contributed by atoms with Crippen molar-refractivity contribution < 1.29 is 0 Å². The van der Waals surface area contributed by atoms with Gasteiger partial charge in [-0.1, -0.05) is 127 Å². The number of aromatic nitrogens is 4. The van der Waals surface area contributed by atoms with Crippen molar-refractivity contribution in [3.8, 4) is 22.8 Å². The molecule has 0 radical (unpaired) electrons. The van der Waals surface area contributed by atoms with E-state index in [-0.39, 0.29) is 0 Å². The Balaban J connectivity index is 1.09. The minimum absolute atomic E-state index is 0.814. The van der Waals surface area contributed by atoms with Gasteiger partial charge >= 0.3 is 0 Å². The van der Waals surface area contributed by atoms with Crippen LogP contribution in [0.25, 0.3) is 120 Å². The minimum atomic E-state index is 0.814. The molecular weight excluding hydrogens is 705 g/mol. The summed E-state index contributed by atoms with van der Waals surface area (Å²) in [5.74, 6) is 0.814. The lowest BCUT2D eigenvalue weighted by Gasteiger charge is -2.15. The van der Waals surface area contributed by atoms with Gasteiger partial charge in [-0.15, -0.1) is 0 Å². The number of nitrogens with zero attached hydrogens (tertiary/aromatic N) is 4. The molecule has 0 fully saturated rings. The number of para-hydroxylation sites is 4. The first-order valence-corrected chi connectivity index (χ1v) is 19.8. The molecule has 0 unspecified atom stereocenters. The molecule has 13 aromatic rings. The average molecular weight is 737 g/mol. The van der Waals surface area contributed by atoms with Crippen LogP contribution in [-0.4, -0.2) is 19.1 Å². The van der Waals surface area contributed by atoms with E-state index in [1.165, 1.54) is 70.3 Å². The molecule has 0 aliphatic rings. The molecule has 0 saturated heterocycles. The van der Waals surface area contributed by atoms with Crippen molar-refractivity contribution in [2.24, 2.45) is 0 Å². The van der Waals surface area contributed by atoms with Crippen LogP contribution in [0.15, 0.2) is 194 Å². The molecule has 4 heteroatoms. The zero-order valence-electron chi connectivity index (χ0n) is 31.3. The van der Waals surface area contributed by atoms with Crippen molar-refractivity contribution in [3.63, 3.8) is 0 Å². The van der Waals surface area contributed by atoms with Gasteiger partial charge < -0.3 is 4.57 Å². The van der Waals surface area contributed by atoms with E-state index in [2.05, 4.69) is 191 Å². The normalized spacial score (nSPS) is 12.1. The van der Waals surface area contributed by atoms with E-state index >= 15 is 0 Å². The van der Waals surface area contributed by atoms with Gasteiger partial charge in [0.2, 0.25) is 0 Å². The summed E-state index contributed by atoms with van der Waals surface area (Å²) in [5.41, 5.74) is 9.33. The number of benzene rings is 10. The monoisotopic (exact) mass is 736 g/mol. The second-order valence-electron chi connectivity index (χ2n) is 15.4. The van der Waals surface area contributed by atoms with E-state index in [0.717, 1.165) is 50.2 Å². The van der Waals surface area contributed by atoms with E-state index in [1.54, 1.807) is 0 Å². The summed E-state index contributed by atoms with van der Waals surface area (Å²) in [4.78, 5) is 10.9. The van der Waals surface area contributed by atoms with Crippen molar-refractivity contribution in [3.05, 3.63) is 194 Å². The lowest BCUT2D eigenvalue weighted by Crippen LogP contribution is -2.03. The first-order valence-electron chi connectivity index (χ1n) is 19.8. The number of hydrogen-bond acceptors (Lipinski definition) is 2. The van der Waals surface area contributed by atoms with Crippen LogP contribution in [0.4, 0.5) is 0 Å². The smallest absolute Gasteiger partial charge is 0.165 e. The summed E-state index contributed by atoms with van der Waals surface area (Å²) in [5, 5.41) is 14.6. The minimum Gasteiger partial charge on any atom is -0.309 e. The van der Waals surface area contributed by atoms with E-state index in [0.29, 0.717) is 0 Å². The van der Waals surface area contributed by atoms with Gasteiger partial charge in [0.25, 0.3) is 0 Å². The molecule has 0 spiro atoms. The van der Waals surface area contributed by atoms with Gasteiger partial charge in [-0.2, -0.15) is 0 Å². The maximum Gasteiger partial charge on any atom is 0.165 e. The van der Waals surface area contributed by atoms with Crippen molar-refractivity contribution >= 4 is 97.7 Å². The molecule has 10 aromatic carbocycles. The molecule has 3 heterocycles. The maximum atomic E-state index is 5.46. The maximum absolute atomic E-state index is 5.46. The summed E-state index contributed by atoms with van der Waals surface area (Å²) >= 11 is 0. The largest absolute Gasteiger partial charge is 0.309 e. The molecule has 3 aromatic heterocycles. The lowest BCUT2D eigenvalue weighted by atomic mass is 9.99. The third kappa shape index (κ3) is 4.51. The highest BCUT2D eigenvalue weighted by Crippen LogP contribution is 2.40. The van der Waals surface area contributed by atoms with E-state index < -0.39 is 0 Å². The number of hydrogen-bond donors (Lipinski definition) is 0. The zero-order valence-corrected chi connectivity index (χ0v) is 31.3. The Bertz CT molecular complexity index is 3870. The quantitative estimate of drug-likeness (QED) is 0.169. The average Bonchev–Trinajstić information content (AvgIpc) is 3.78. The third-order valence-corrected chi connectivity index (χ3v) is 12.2. The summed E-state index contributed by atoms with van der Waals surface area (Å²) < 4.78 is 4.76. The van der Waals surface area contributed by atoms with Gasteiger partial charge in [0.05, 0.1) is 33.1 Å². The molecule has 268 valence electrons. The highest BCUT2D eigenvalue weighted by Gasteiger charge is 2.21. The Kier molecular flexibility index (Phi) is 6.41. The summed E-state index contributed by atoms with van der Waals surface area (Å²) in [7, 11) is 0. The fourth-order valence-corrected chi connectivity index (χ4v) is 9.49. The summed E-state index contributed by atoms with van der Waals surface area (Å²) in [6, 6.07) is 70.3. The number of rotatable bonds is 3. The topological polar surface area (TPSA) is 35.6 Å². The van der Waals surface area contributed by atoms with Gasteiger partial charge in [-0.3, -0.25) is 4.57 Å². The molecule has 4 nitrogen and oxygen atoms in total. The SMILES string of the molecule is c1ccc2cc3c(cc2c1)c1ccccc1n3-c1ccc2cc3c4ccccc4n(-c4nc5ccccc5nc4-c4ccc5ccc6ccccc6c5c4)c3cc2c1. The Hall–Kier alpha value is -7.82. The standard InChI is InChI=1S/C54H32N4/c1-2-13-36-31-51-45(28-35(36)12-1)42-15-5-9-19-49(42)57(51)40-26-25-37-29-46-43-16-6-10-20-50(43)58(52(46)32-39(37)27-40)54-53(55-47-17-7-8-18-48(47)56-54)38-24-23-34-22-21-33-11-3-4-14-41(33)44(34)30-38/h1-32H. The predicted molar refractivity (Wildman–Crippen MR) is 244 cm³/mol. The second-order valence-corrected chi connectivity index (χ2v) is 15.4. The molecule has 0 amide bonds. The highest BCUT2D eigenvalue weighted by molar-refractivity contribution is 6.16. The van der Waals surface area contributed by atoms with Crippen LogP contribution in [0.3, 0.4) is 0 Å². The van der Waals surface area contributed by atoms with Crippen LogP contribution in [0.2, 0.25) is 0 Å². The van der Waals surface area contributed by atoms with Gasteiger partial charge in [-0.05, 0) is 110 Å². The van der Waals surface area contributed by atoms with E-state index in [1.807, 2.05) is 12.1 Å².